The lowest BCUT2D eigenvalue weighted by Crippen LogP contribution is -2.40. The van der Waals surface area contributed by atoms with Crippen molar-refractivity contribution in [1.29, 1.82) is 0 Å². The van der Waals surface area contributed by atoms with Gasteiger partial charge >= 0.3 is 0 Å². The van der Waals surface area contributed by atoms with Crippen molar-refractivity contribution in [2.75, 3.05) is 13.2 Å². The van der Waals surface area contributed by atoms with Crippen LogP contribution in [0.4, 0.5) is 0 Å². The molecule has 1 fully saturated rings. The molecule has 2 aromatic carbocycles. The van der Waals surface area contributed by atoms with E-state index in [0.29, 0.717) is 37.4 Å². The Labute approximate surface area is 180 Å². The van der Waals surface area contributed by atoms with Crippen LogP contribution in [0.1, 0.15) is 27.9 Å². The Kier molecular flexibility index (Phi) is 5.21. The van der Waals surface area contributed by atoms with E-state index in [-0.39, 0.29) is 18.6 Å². The molecule has 160 valence electrons. The van der Waals surface area contributed by atoms with Crippen molar-refractivity contribution in [2.24, 2.45) is 7.05 Å². The summed E-state index contributed by atoms with van der Waals surface area (Å²) in [5, 5.41) is 14.6. The second-order valence-electron chi connectivity index (χ2n) is 8.11. The number of aromatic nitrogens is 2. The van der Waals surface area contributed by atoms with Gasteiger partial charge in [0.15, 0.2) is 0 Å². The molecule has 2 aliphatic rings. The minimum absolute atomic E-state index is 0.0408. The molecular weight excluding hydrogens is 394 g/mol. The van der Waals surface area contributed by atoms with E-state index >= 15 is 0 Å². The van der Waals surface area contributed by atoms with Gasteiger partial charge in [0.2, 0.25) is 0 Å². The molecule has 0 radical (unpaired) electrons. The molecule has 3 aromatic rings. The standard InChI is InChI=1S/C24H25N3O4/c1-26-11-9-19(25-26)17-7-5-16(6-8-17)13-27-14-18-3-2-4-22(23(18)24(27)29)31-21-10-12-30-15-20(21)28/h2-9,11,20-21,28H,10,12-15H2,1H3/t20-,21-/m1/s1. The third-order valence-corrected chi connectivity index (χ3v) is 5.85. The first-order valence-corrected chi connectivity index (χ1v) is 10.5. The maximum atomic E-state index is 13.2. The molecule has 0 spiro atoms. The van der Waals surface area contributed by atoms with Gasteiger partial charge in [0.1, 0.15) is 18.0 Å². The number of hydrogen-bond acceptors (Lipinski definition) is 5. The SMILES string of the molecule is Cn1ccc(-c2ccc(CN3Cc4cccc(O[C@@H]5CCOC[C@H]5O)c4C3=O)cc2)n1. The van der Waals surface area contributed by atoms with Gasteiger partial charge in [0.05, 0.1) is 24.5 Å². The van der Waals surface area contributed by atoms with Crippen LogP contribution < -0.4 is 4.74 Å². The smallest absolute Gasteiger partial charge is 0.258 e. The summed E-state index contributed by atoms with van der Waals surface area (Å²) >= 11 is 0. The van der Waals surface area contributed by atoms with Crippen molar-refractivity contribution < 1.29 is 19.4 Å². The van der Waals surface area contributed by atoms with Crippen molar-refractivity contribution in [3.8, 4) is 17.0 Å². The quantitative estimate of drug-likeness (QED) is 0.688. The Bertz CT molecular complexity index is 1090. The van der Waals surface area contributed by atoms with Crippen LogP contribution in [0, 0.1) is 0 Å². The Morgan fingerprint density at radius 1 is 1.19 bits per heavy atom. The van der Waals surface area contributed by atoms with E-state index in [1.807, 2.05) is 66.7 Å². The number of ether oxygens (including phenoxy) is 2. The monoisotopic (exact) mass is 419 g/mol. The predicted molar refractivity (Wildman–Crippen MR) is 115 cm³/mol. The zero-order valence-electron chi connectivity index (χ0n) is 17.4. The first kappa shape index (κ1) is 19.8. The van der Waals surface area contributed by atoms with E-state index in [9.17, 15) is 9.90 Å². The number of carbonyl (C=O) groups excluding carboxylic acids is 1. The number of benzene rings is 2. The van der Waals surface area contributed by atoms with Crippen LogP contribution in [0.15, 0.2) is 54.7 Å². The number of aliphatic hydroxyl groups is 1. The van der Waals surface area contributed by atoms with Crippen molar-refractivity contribution in [2.45, 2.75) is 31.7 Å². The second-order valence-corrected chi connectivity index (χ2v) is 8.11. The molecule has 5 rings (SSSR count). The van der Waals surface area contributed by atoms with Crippen molar-refractivity contribution >= 4 is 5.91 Å². The number of aliphatic hydroxyl groups excluding tert-OH is 1. The van der Waals surface area contributed by atoms with Gasteiger partial charge in [0.25, 0.3) is 5.91 Å². The van der Waals surface area contributed by atoms with Gasteiger partial charge in [-0.15, -0.1) is 0 Å². The van der Waals surface area contributed by atoms with Gasteiger partial charge in [-0.3, -0.25) is 9.48 Å². The third-order valence-electron chi connectivity index (χ3n) is 5.85. The van der Waals surface area contributed by atoms with Crippen LogP contribution in [-0.4, -0.2) is 51.1 Å². The minimum Gasteiger partial charge on any atom is -0.487 e. The maximum Gasteiger partial charge on any atom is 0.258 e. The summed E-state index contributed by atoms with van der Waals surface area (Å²) in [6.07, 6.45) is 1.48. The number of aryl methyl sites for hydroxylation is 1. The Morgan fingerprint density at radius 3 is 2.77 bits per heavy atom. The topological polar surface area (TPSA) is 76.8 Å². The molecule has 1 aromatic heterocycles. The Balaban J connectivity index is 1.31. The summed E-state index contributed by atoms with van der Waals surface area (Å²) in [4.78, 5) is 15.0. The molecule has 2 atom stereocenters. The number of hydrogen-bond donors (Lipinski definition) is 1. The van der Waals surface area contributed by atoms with E-state index in [4.69, 9.17) is 9.47 Å². The normalized spacial score (nSPS) is 20.7. The van der Waals surface area contributed by atoms with E-state index in [1.54, 1.807) is 4.68 Å². The number of carbonyl (C=O) groups is 1. The summed E-state index contributed by atoms with van der Waals surface area (Å²) in [6.45, 7) is 1.87. The minimum atomic E-state index is -0.685. The third kappa shape index (κ3) is 3.94. The molecule has 1 amide bonds. The fraction of sp³-hybridized carbons (Fsp3) is 0.333. The average Bonchev–Trinajstić information content (AvgIpc) is 3.34. The molecule has 1 saturated heterocycles. The molecule has 0 saturated carbocycles. The van der Waals surface area contributed by atoms with E-state index in [0.717, 1.165) is 22.4 Å². The molecule has 0 bridgehead atoms. The largest absolute Gasteiger partial charge is 0.487 e. The zero-order chi connectivity index (χ0) is 21.4. The lowest BCUT2D eigenvalue weighted by Gasteiger charge is -2.28. The van der Waals surface area contributed by atoms with Crippen LogP contribution >= 0.6 is 0 Å². The van der Waals surface area contributed by atoms with Gasteiger partial charge in [-0.25, -0.2) is 0 Å². The summed E-state index contributed by atoms with van der Waals surface area (Å²) in [7, 11) is 1.90. The van der Waals surface area contributed by atoms with Gasteiger partial charge in [-0.1, -0.05) is 36.4 Å². The lowest BCUT2D eigenvalue weighted by atomic mass is 10.1. The summed E-state index contributed by atoms with van der Waals surface area (Å²) in [6, 6.07) is 15.8. The van der Waals surface area contributed by atoms with E-state index < -0.39 is 6.10 Å². The molecule has 0 aliphatic carbocycles. The summed E-state index contributed by atoms with van der Waals surface area (Å²) in [5.41, 5.74) is 4.59. The molecule has 7 nitrogen and oxygen atoms in total. The molecule has 3 heterocycles. The zero-order valence-corrected chi connectivity index (χ0v) is 17.4. The van der Waals surface area contributed by atoms with Crippen LogP contribution in [0.3, 0.4) is 0 Å². The molecule has 31 heavy (non-hydrogen) atoms. The van der Waals surface area contributed by atoms with Crippen LogP contribution in [0.25, 0.3) is 11.3 Å². The highest BCUT2D eigenvalue weighted by Gasteiger charge is 2.33. The first-order chi connectivity index (χ1) is 15.1. The molecule has 1 N–H and O–H groups in total. The highest BCUT2D eigenvalue weighted by Crippen LogP contribution is 2.33. The van der Waals surface area contributed by atoms with Crippen molar-refractivity contribution in [3.05, 3.63) is 71.4 Å². The van der Waals surface area contributed by atoms with Crippen LogP contribution in [0.2, 0.25) is 0 Å². The first-order valence-electron chi connectivity index (χ1n) is 10.5. The Morgan fingerprint density at radius 2 is 2.03 bits per heavy atom. The van der Waals surface area contributed by atoms with E-state index in [1.165, 1.54) is 0 Å². The molecule has 0 unspecified atom stereocenters. The highest BCUT2D eigenvalue weighted by atomic mass is 16.5. The van der Waals surface area contributed by atoms with Crippen molar-refractivity contribution in [3.63, 3.8) is 0 Å². The van der Waals surface area contributed by atoms with Gasteiger partial charge in [-0.05, 0) is 23.3 Å². The van der Waals surface area contributed by atoms with Gasteiger partial charge in [-0.2, -0.15) is 5.10 Å². The van der Waals surface area contributed by atoms with Crippen LogP contribution in [0.5, 0.6) is 5.75 Å². The highest BCUT2D eigenvalue weighted by molar-refractivity contribution is 6.01. The molecule has 7 heteroatoms. The number of amides is 1. The molecular formula is C24H25N3O4. The predicted octanol–water partition coefficient (Wildman–Crippen LogP) is 2.77. The summed E-state index contributed by atoms with van der Waals surface area (Å²) < 4.78 is 13.1. The van der Waals surface area contributed by atoms with E-state index in [2.05, 4.69) is 5.10 Å². The fourth-order valence-electron chi connectivity index (χ4n) is 4.19. The maximum absolute atomic E-state index is 13.2. The fourth-order valence-corrected chi connectivity index (χ4v) is 4.19. The average molecular weight is 419 g/mol. The molecule has 2 aliphatic heterocycles. The van der Waals surface area contributed by atoms with Crippen LogP contribution in [-0.2, 0) is 24.9 Å². The van der Waals surface area contributed by atoms with Gasteiger partial charge in [0, 0.05) is 38.3 Å². The number of fused-ring (bicyclic) bond motifs is 1. The second kappa shape index (κ2) is 8.17. The van der Waals surface area contributed by atoms with Crippen molar-refractivity contribution in [1.82, 2.24) is 14.7 Å². The Hall–Kier alpha value is -3.16. The van der Waals surface area contributed by atoms with Gasteiger partial charge < -0.3 is 19.5 Å². The number of rotatable bonds is 5. The lowest BCUT2D eigenvalue weighted by molar-refractivity contribution is -0.0752. The number of nitrogens with zero attached hydrogens (tertiary/aromatic N) is 3. The summed E-state index contributed by atoms with van der Waals surface area (Å²) in [5.74, 6) is 0.502.